The largest absolute Gasteiger partial charge is 0.418 e. The molecule has 0 aliphatic rings. The van der Waals surface area contributed by atoms with Crippen LogP contribution in [0.4, 0.5) is 24.7 Å². The number of rotatable bonds is 5. The van der Waals surface area contributed by atoms with Crippen LogP contribution >= 0.6 is 0 Å². The van der Waals surface area contributed by atoms with Crippen molar-refractivity contribution in [1.82, 2.24) is 15.2 Å². The molecular weight excluding hydrogens is 359 g/mol. The fourth-order valence-corrected chi connectivity index (χ4v) is 2.26. The third-order valence-electron chi connectivity index (χ3n) is 3.55. The van der Waals surface area contributed by atoms with E-state index in [1.165, 1.54) is 30.3 Å². The van der Waals surface area contributed by atoms with E-state index in [1.54, 1.807) is 12.3 Å². The Labute approximate surface area is 152 Å². The maximum Gasteiger partial charge on any atom is 0.418 e. The molecule has 0 fully saturated rings. The lowest BCUT2D eigenvalue weighted by Gasteiger charge is -2.13. The summed E-state index contributed by atoms with van der Waals surface area (Å²) in [6.07, 6.45) is -2.91. The fraction of sp³-hybridized carbons (Fsp3) is 0.111. The van der Waals surface area contributed by atoms with Gasteiger partial charge < -0.3 is 10.6 Å². The van der Waals surface area contributed by atoms with Crippen LogP contribution in [0.15, 0.2) is 60.8 Å². The molecule has 0 spiro atoms. The quantitative estimate of drug-likeness (QED) is 0.712. The number of pyridine rings is 1. The zero-order chi connectivity index (χ0) is 19.3. The molecular formula is C18H14F3N5O. The number of nitrogens with one attached hydrogen (secondary N) is 2. The van der Waals surface area contributed by atoms with Gasteiger partial charge in [-0.25, -0.2) is 0 Å². The van der Waals surface area contributed by atoms with Crippen molar-refractivity contribution in [3.63, 3.8) is 0 Å². The molecule has 0 aliphatic carbocycles. The number of carbonyl (C=O) groups is 1. The van der Waals surface area contributed by atoms with Gasteiger partial charge in [-0.15, -0.1) is 10.2 Å². The van der Waals surface area contributed by atoms with Crippen LogP contribution in [0.2, 0.25) is 0 Å². The first-order chi connectivity index (χ1) is 12.9. The number of para-hydroxylation sites is 1. The molecule has 0 saturated heterocycles. The smallest absolute Gasteiger partial charge is 0.363 e. The number of aromatic nitrogens is 3. The number of nitrogens with zero attached hydrogens (tertiary/aromatic N) is 3. The molecule has 1 aromatic carbocycles. The van der Waals surface area contributed by atoms with E-state index in [0.29, 0.717) is 12.4 Å². The van der Waals surface area contributed by atoms with Gasteiger partial charge in [0.25, 0.3) is 5.91 Å². The Morgan fingerprint density at radius 1 is 0.963 bits per heavy atom. The van der Waals surface area contributed by atoms with Crippen LogP contribution in [-0.4, -0.2) is 21.1 Å². The standard InChI is InChI=1S/C18H14F3N5O/c19-18(20,21)13-6-1-2-7-14(13)24-17(27)15-8-9-16(26-25-15)23-11-12-5-3-4-10-22-12/h1-10H,11H2,(H,23,26)(H,24,27). The highest BCUT2D eigenvalue weighted by atomic mass is 19.4. The summed E-state index contributed by atoms with van der Waals surface area (Å²) in [6.45, 7) is 0.417. The molecule has 0 atom stereocenters. The van der Waals surface area contributed by atoms with E-state index in [1.807, 2.05) is 12.1 Å². The minimum Gasteiger partial charge on any atom is -0.363 e. The van der Waals surface area contributed by atoms with E-state index < -0.39 is 17.6 Å². The Morgan fingerprint density at radius 3 is 2.41 bits per heavy atom. The van der Waals surface area contributed by atoms with Crippen LogP contribution in [0.5, 0.6) is 0 Å². The van der Waals surface area contributed by atoms with E-state index >= 15 is 0 Å². The van der Waals surface area contributed by atoms with Gasteiger partial charge in [0.1, 0.15) is 5.82 Å². The number of benzene rings is 1. The zero-order valence-electron chi connectivity index (χ0n) is 13.9. The second-order valence-electron chi connectivity index (χ2n) is 5.48. The van der Waals surface area contributed by atoms with Crippen molar-refractivity contribution in [3.05, 3.63) is 77.7 Å². The summed E-state index contributed by atoms with van der Waals surface area (Å²) in [6, 6.07) is 13.1. The predicted octanol–water partition coefficient (Wildman–Crippen LogP) is 3.75. The maximum absolute atomic E-state index is 13.0. The van der Waals surface area contributed by atoms with Gasteiger partial charge in [0.15, 0.2) is 5.69 Å². The SMILES string of the molecule is O=C(Nc1ccccc1C(F)(F)F)c1ccc(NCc2ccccn2)nn1. The topological polar surface area (TPSA) is 79.8 Å². The Morgan fingerprint density at radius 2 is 1.74 bits per heavy atom. The Hall–Kier alpha value is -3.49. The predicted molar refractivity (Wildman–Crippen MR) is 93.0 cm³/mol. The van der Waals surface area contributed by atoms with Gasteiger partial charge in [0.2, 0.25) is 0 Å². The highest BCUT2D eigenvalue weighted by Gasteiger charge is 2.33. The summed E-state index contributed by atoms with van der Waals surface area (Å²) < 4.78 is 39.0. The first kappa shape index (κ1) is 18.3. The van der Waals surface area contributed by atoms with Crippen molar-refractivity contribution >= 4 is 17.4 Å². The summed E-state index contributed by atoms with van der Waals surface area (Å²) in [5.41, 5.74) is -0.575. The summed E-state index contributed by atoms with van der Waals surface area (Å²) in [4.78, 5) is 16.3. The minimum absolute atomic E-state index is 0.102. The van der Waals surface area contributed by atoms with Gasteiger partial charge in [-0.3, -0.25) is 9.78 Å². The lowest BCUT2D eigenvalue weighted by atomic mass is 10.1. The lowest BCUT2D eigenvalue weighted by Crippen LogP contribution is -2.18. The molecule has 3 aromatic rings. The van der Waals surface area contributed by atoms with E-state index in [9.17, 15) is 18.0 Å². The van der Waals surface area contributed by atoms with E-state index in [4.69, 9.17) is 0 Å². The van der Waals surface area contributed by atoms with Gasteiger partial charge in [0.05, 0.1) is 23.5 Å². The number of hydrogen-bond acceptors (Lipinski definition) is 5. The Balaban J connectivity index is 1.66. The van der Waals surface area contributed by atoms with Crippen molar-refractivity contribution in [1.29, 1.82) is 0 Å². The van der Waals surface area contributed by atoms with Crippen LogP contribution in [-0.2, 0) is 12.7 Å². The van der Waals surface area contributed by atoms with E-state index in [0.717, 1.165) is 11.8 Å². The first-order valence-corrected chi connectivity index (χ1v) is 7.88. The summed E-state index contributed by atoms with van der Waals surface area (Å²) in [5.74, 6) is -0.372. The summed E-state index contributed by atoms with van der Waals surface area (Å²) >= 11 is 0. The van der Waals surface area contributed by atoms with Crippen LogP contribution < -0.4 is 10.6 Å². The number of alkyl halides is 3. The third-order valence-corrected chi connectivity index (χ3v) is 3.55. The molecule has 9 heteroatoms. The van der Waals surface area contributed by atoms with Gasteiger partial charge in [-0.05, 0) is 36.4 Å². The second kappa shape index (κ2) is 7.81. The molecule has 2 aromatic heterocycles. The van der Waals surface area contributed by atoms with Gasteiger partial charge >= 0.3 is 6.18 Å². The van der Waals surface area contributed by atoms with Crippen molar-refractivity contribution in [2.75, 3.05) is 10.6 Å². The van der Waals surface area contributed by atoms with Crippen molar-refractivity contribution < 1.29 is 18.0 Å². The lowest BCUT2D eigenvalue weighted by molar-refractivity contribution is -0.136. The molecule has 3 rings (SSSR count). The number of carbonyl (C=O) groups excluding carboxylic acids is 1. The normalized spacial score (nSPS) is 11.1. The number of anilines is 2. The van der Waals surface area contributed by atoms with Crippen molar-refractivity contribution in [3.8, 4) is 0 Å². The fourth-order valence-electron chi connectivity index (χ4n) is 2.26. The average molecular weight is 373 g/mol. The molecule has 0 unspecified atom stereocenters. The molecule has 1 amide bonds. The van der Waals surface area contributed by atoms with Gasteiger partial charge in [0, 0.05) is 6.20 Å². The van der Waals surface area contributed by atoms with Crippen LogP contribution in [0.25, 0.3) is 0 Å². The molecule has 2 heterocycles. The number of halogens is 3. The number of amides is 1. The maximum atomic E-state index is 13.0. The number of hydrogen-bond donors (Lipinski definition) is 2. The molecule has 6 nitrogen and oxygen atoms in total. The van der Waals surface area contributed by atoms with Crippen molar-refractivity contribution in [2.24, 2.45) is 0 Å². The minimum atomic E-state index is -4.57. The van der Waals surface area contributed by atoms with Crippen molar-refractivity contribution in [2.45, 2.75) is 12.7 Å². The van der Waals surface area contributed by atoms with Crippen LogP contribution in [0.3, 0.4) is 0 Å². The van der Waals surface area contributed by atoms with Crippen LogP contribution in [0.1, 0.15) is 21.7 Å². The Kier molecular flexibility index (Phi) is 5.30. The van der Waals surface area contributed by atoms with E-state index in [2.05, 4.69) is 25.8 Å². The summed E-state index contributed by atoms with van der Waals surface area (Å²) in [7, 11) is 0. The molecule has 0 radical (unpaired) electrons. The molecule has 0 aliphatic heterocycles. The first-order valence-electron chi connectivity index (χ1n) is 7.88. The zero-order valence-corrected chi connectivity index (χ0v) is 13.9. The average Bonchev–Trinajstić information content (AvgIpc) is 2.67. The molecule has 27 heavy (non-hydrogen) atoms. The molecule has 138 valence electrons. The monoisotopic (exact) mass is 373 g/mol. The highest BCUT2D eigenvalue weighted by Crippen LogP contribution is 2.34. The summed E-state index contributed by atoms with van der Waals surface area (Å²) in [5, 5.41) is 12.8. The molecule has 0 saturated carbocycles. The second-order valence-corrected chi connectivity index (χ2v) is 5.48. The van der Waals surface area contributed by atoms with Crippen LogP contribution in [0, 0.1) is 0 Å². The third kappa shape index (κ3) is 4.78. The van der Waals surface area contributed by atoms with Gasteiger partial charge in [-0.2, -0.15) is 13.2 Å². The molecule has 2 N–H and O–H groups in total. The van der Waals surface area contributed by atoms with Gasteiger partial charge in [-0.1, -0.05) is 18.2 Å². The Bertz CT molecular complexity index is 914. The highest BCUT2D eigenvalue weighted by molar-refractivity contribution is 6.03. The van der Waals surface area contributed by atoms with E-state index in [-0.39, 0.29) is 11.4 Å². The molecule has 0 bridgehead atoms.